The van der Waals surface area contributed by atoms with Crippen molar-refractivity contribution in [3.8, 4) is 11.8 Å². The Kier molecular flexibility index (Phi) is 7.56. The molecule has 0 aliphatic heterocycles. The Morgan fingerprint density at radius 1 is 1.19 bits per heavy atom. The van der Waals surface area contributed by atoms with E-state index in [0.29, 0.717) is 12.0 Å². The molecule has 0 aliphatic rings. The van der Waals surface area contributed by atoms with Crippen molar-refractivity contribution in [2.24, 2.45) is 0 Å². The number of benzene rings is 1. The maximum Gasteiger partial charge on any atom is 0.253 e. The van der Waals surface area contributed by atoms with Crippen molar-refractivity contribution in [2.45, 2.75) is 40.0 Å². The number of aliphatic hydroxyl groups excluding tert-OH is 1. The summed E-state index contributed by atoms with van der Waals surface area (Å²) >= 11 is 0. The van der Waals surface area contributed by atoms with E-state index in [0.717, 1.165) is 37.1 Å². The predicted octanol–water partition coefficient (Wildman–Crippen LogP) is 2.99. The van der Waals surface area contributed by atoms with Crippen LogP contribution >= 0.6 is 0 Å². The third-order valence-electron chi connectivity index (χ3n) is 3.07. The van der Waals surface area contributed by atoms with Crippen LogP contribution in [0.1, 0.15) is 54.6 Å². The Morgan fingerprint density at radius 2 is 1.86 bits per heavy atom. The molecule has 0 aliphatic carbocycles. The van der Waals surface area contributed by atoms with Crippen LogP contribution < -0.4 is 0 Å². The second kappa shape index (κ2) is 9.20. The maximum absolute atomic E-state index is 12.6. The van der Waals surface area contributed by atoms with Crippen LogP contribution in [0, 0.1) is 18.8 Å². The number of amides is 1. The van der Waals surface area contributed by atoms with Gasteiger partial charge in [-0.2, -0.15) is 0 Å². The van der Waals surface area contributed by atoms with Crippen molar-refractivity contribution in [1.82, 2.24) is 4.90 Å². The Bertz CT molecular complexity index is 520. The monoisotopic (exact) mass is 287 g/mol. The zero-order valence-corrected chi connectivity index (χ0v) is 13.3. The van der Waals surface area contributed by atoms with Crippen LogP contribution in [0.25, 0.3) is 0 Å². The van der Waals surface area contributed by atoms with E-state index in [9.17, 15) is 4.79 Å². The minimum Gasteiger partial charge on any atom is -0.395 e. The van der Waals surface area contributed by atoms with Crippen LogP contribution in [0.15, 0.2) is 18.2 Å². The van der Waals surface area contributed by atoms with Crippen LogP contribution in [-0.2, 0) is 0 Å². The Hall–Kier alpha value is -1.79. The van der Waals surface area contributed by atoms with Gasteiger partial charge in [0.15, 0.2) is 0 Å². The van der Waals surface area contributed by atoms with Gasteiger partial charge in [0.2, 0.25) is 0 Å². The van der Waals surface area contributed by atoms with Crippen molar-refractivity contribution in [1.29, 1.82) is 0 Å². The molecule has 0 spiro atoms. The smallest absolute Gasteiger partial charge is 0.253 e. The van der Waals surface area contributed by atoms with E-state index in [-0.39, 0.29) is 12.5 Å². The van der Waals surface area contributed by atoms with E-state index in [2.05, 4.69) is 25.7 Å². The molecule has 0 saturated heterocycles. The second-order valence-electron chi connectivity index (χ2n) is 5.16. The van der Waals surface area contributed by atoms with Crippen molar-refractivity contribution >= 4 is 5.91 Å². The van der Waals surface area contributed by atoms with E-state index in [1.54, 1.807) is 0 Å². The van der Waals surface area contributed by atoms with Gasteiger partial charge >= 0.3 is 0 Å². The van der Waals surface area contributed by atoms with Crippen LogP contribution in [0.5, 0.6) is 0 Å². The lowest BCUT2D eigenvalue weighted by atomic mass is 10.1. The highest BCUT2D eigenvalue weighted by Crippen LogP contribution is 2.12. The van der Waals surface area contributed by atoms with Crippen molar-refractivity contribution < 1.29 is 9.90 Å². The molecule has 3 heteroatoms. The van der Waals surface area contributed by atoms with Crippen LogP contribution in [-0.4, -0.2) is 35.6 Å². The lowest BCUT2D eigenvalue weighted by Gasteiger charge is -2.21. The molecule has 0 radical (unpaired) electrons. The first-order valence-electron chi connectivity index (χ1n) is 7.63. The first-order valence-corrected chi connectivity index (χ1v) is 7.63. The zero-order chi connectivity index (χ0) is 15.7. The van der Waals surface area contributed by atoms with Crippen LogP contribution in [0.4, 0.5) is 0 Å². The molecule has 0 atom stereocenters. The lowest BCUT2D eigenvalue weighted by molar-refractivity contribution is 0.0755. The molecule has 1 rings (SSSR count). The van der Waals surface area contributed by atoms with Gasteiger partial charge in [0.25, 0.3) is 5.91 Å². The highest BCUT2D eigenvalue weighted by atomic mass is 16.2. The third kappa shape index (κ3) is 5.61. The largest absolute Gasteiger partial charge is 0.395 e. The number of aliphatic hydroxyl groups is 1. The van der Waals surface area contributed by atoms with Gasteiger partial charge in [-0.25, -0.2) is 0 Å². The number of hydrogen-bond acceptors (Lipinski definition) is 2. The number of carbonyl (C=O) groups excluding carboxylic acids is 1. The summed E-state index contributed by atoms with van der Waals surface area (Å²) < 4.78 is 0. The standard InChI is InChI=1S/C18H25NO2/c1-4-9-19(10-5-2)18(21)17-13-15(3)12-16(14-17)8-6-7-11-20/h12-14,20H,4-5,7,9-11H2,1-3H3. The highest BCUT2D eigenvalue weighted by Gasteiger charge is 2.14. The van der Waals surface area contributed by atoms with E-state index >= 15 is 0 Å². The Morgan fingerprint density at radius 3 is 2.43 bits per heavy atom. The summed E-state index contributed by atoms with van der Waals surface area (Å²) in [6.07, 6.45) is 2.37. The second-order valence-corrected chi connectivity index (χ2v) is 5.16. The van der Waals surface area contributed by atoms with Gasteiger partial charge in [0.05, 0.1) is 6.61 Å². The van der Waals surface area contributed by atoms with Gasteiger partial charge < -0.3 is 10.0 Å². The molecular weight excluding hydrogens is 262 g/mol. The maximum atomic E-state index is 12.6. The number of hydrogen-bond donors (Lipinski definition) is 1. The summed E-state index contributed by atoms with van der Waals surface area (Å²) in [6.45, 7) is 7.76. The average Bonchev–Trinajstić information content (AvgIpc) is 2.46. The van der Waals surface area contributed by atoms with Crippen molar-refractivity contribution in [3.63, 3.8) is 0 Å². The summed E-state index contributed by atoms with van der Waals surface area (Å²) in [7, 11) is 0. The van der Waals surface area contributed by atoms with Crippen LogP contribution in [0.2, 0.25) is 0 Å². The first kappa shape index (κ1) is 17.3. The molecule has 114 valence electrons. The van der Waals surface area contributed by atoms with Crippen LogP contribution in [0.3, 0.4) is 0 Å². The molecule has 0 bridgehead atoms. The zero-order valence-electron chi connectivity index (χ0n) is 13.3. The van der Waals surface area contributed by atoms with Gasteiger partial charge in [0.1, 0.15) is 0 Å². The topological polar surface area (TPSA) is 40.5 Å². The molecule has 0 unspecified atom stereocenters. The summed E-state index contributed by atoms with van der Waals surface area (Å²) in [5.74, 6) is 5.98. The fraction of sp³-hybridized carbons (Fsp3) is 0.500. The molecular formula is C18H25NO2. The lowest BCUT2D eigenvalue weighted by Crippen LogP contribution is -2.32. The fourth-order valence-corrected chi connectivity index (χ4v) is 2.24. The van der Waals surface area contributed by atoms with E-state index in [1.807, 2.05) is 30.0 Å². The van der Waals surface area contributed by atoms with E-state index < -0.39 is 0 Å². The van der Waals surface area contributed by atoms with Gasteiger partial charge in [0, 0.05) is 30.6 Å². The third-order valence-corrected chi connectivity index (χ3v) is 3.07. The summed E-state index contributed by atoms with van der Waals surface area (Å²) in [5.41, 5.74) is 2.56. The van der Waals surface area contributed by atoms with Crippen molar-refractivity contribution in [2.75, 3.05) is 19.7 Å². The molecule has 3 nitrogen and oxygen atoms in total. The van der Waals surface area contributed by atoms with E-state index in [1.165, 1.54) is 0 Å². The average molecular weight is 287 g/mol. The first-order chi connectivity index (χ1) is 10.1. The van der Waals surface area contributed by atoms with Gasteiger partial charge in [-0.05, 0) is 43.5 Å². The minimum atomic E-state index is 0.0609. The molecule has 21 heavy (non-hydrogen) atoms. The van der Waals surface area contributed by atoms with Gasteiger partial charge in [-0.15, -0.1) is 0 Å². The summed E-state index contributed by atoms with van der Waals surface area (Å²) in [4.78, 5) is 14.5. The Balaban J connectivity index is 3.00. The number of nitrogens with zero attached hydrogens (tertiary/aromatic N) is 1. The summed E-state index contributed by atoms with van der Waals surface area (Å²) in [6, 6.07) is 5.72. The number of aryl methyl sites for hydroxylation is 1. The molecule has 0 heterocycles. The molecule has 0 saturated carbocycles. The minimum absolute atomic E-state index is 0.0609. The molecule has 0 fully saturated rings. The molecule has 1 aromatic rings. The van der Waals surface area contributed by atoms with Crippen molar-refractivity contribution in [3.05, 3.63) is 34.9 Å². The van der Waals surface area contributed by atoms with Gasteiger partial charge in [-0.3, -0.25) is 4.79 Å². The molecule has 1 aromatic carbocycles. The van der Waals surface area contributed by atoms with Gasteiger partial charge in [-0.1, -0.05) is 25.7 Å². The Labute approximate surface area is 128 Å². The normalized spacial score (nSPS) is 9.90. The molecule has 1 N–H and O–H groups in total. The predicted molar refractivity (Wildman–Crippen MR) is 86.2 cm³/mol. The molecule has 1 amide bonds. The fourth-order valence-electron chi connectivity index (χ4n) is 2.24. The molecule has 0 aromatic heterocycles. The quantitative estimate of drug-likeness (QED) is 0.817. The summed E-state index contributed by atoms with van der Waals surface area (Å²) in [5, 5.41) is 8.77. The number of rotatable bonds is 6. The number of carbonyl (C=O) groups is 1. The highest BCUT2D eigenvalue weighted by molar-refractivity contribution is 5.94. The SMILES string of the molecule is CCCN(CCC)C(=O)c1cc(C)cc(C#CCCO)c1. The van der Waals surface area contributed by atoms with E-state index in [4.69, 9.17) is 5.11 Å².